The quantitative estimate of drug-likeness (QED) is 0.386. The zero-order chi connectivity index (χ0) is 29.5. The molecule has 10 nitrogen and oxygen atoms in total. The van der Waals surface area contributed by atoms with Crippen LogP contribution in [-0.2, 0) is 28.7 Å². The van der Waals surface area contributed by atoms with Gasteiger partial charge in [0.25, 0.3) is 0 Å². The van der Waals surface area contributed by atoms with Crippen LogP contribution >= 0.6 is 15.9 Å². The van der Waals surface area contributed by atoms with Gasteiger partial charge in [-0.2, -0.15) is 0 Å². The van der Waals surface area contributed by atoms with Crippen molar-refractivity contribution in [2.24, 2.45) is 11.8 Å². The van der Waals surface area contributed by atoms with Crippen molar-refractivity contribution in [1.82, 2.24) is 15.1 Å². The molecule has 0 radical (unpaired) electrons. The first-order valence-corrected chi connectivity index (χ1v) is 14.9. The van der Waals surface area contributed by atoms with Crippen molar-refractivity contribution in [3.8, 4) is 0 Å². The molecule has 2 fully saturated rings. The van der Waals surface area contributed by atoms with Gasteiger partial charge in [-0.3, -0.25) is 19.2 Å². The Labute approximate surface area is 247 Å². The molecule has 1 spiro atoms. The van der Waals surface area contributed by atoms with Crippen LogP contribution in [0.15, 0.2) is 53.0 Å². The third-order valence-corrected chi connectivity index (χ3v) is 9.12. The molecule has 0 aliphatic carbocycles. The standard InChI is InChI=1S/C30H36BrN3O7/c1-17(2)33-13-9-5-8-12-22(36)32-15-21(19-10-6-4-7-11-19)40-29(39)23-24-27(37)34(18(3)16-35)26(28(33)38)30(24)14-20(31)25(23)41-30/h4-7,9-11,14,17-18,21,23-26,35H,8,12-13,15-16H2,1-3H3,(H,32,36)/b9-5-/t18-,21-,23-,24+,25-,26-,30+/m1/s1. The van der Waals surface area contributed by atoms with Crippen LogP contribution in [0.4, 0.5) is 0 Å². The minimum absolute atomic E-state index is 0.0627. The second kappa shape index (κ2) is 11.7. The molecular formula is C30H36BrN3O7. The summed E-state index contributed by atoms with van der Waals surface area (Å²) in [5.74, 6) is -3.66. The minimum Gasteiger partial charge on any atom is -0.455 e. The minimum atomic E-state index is -1.41. The van der Waals surface area contributed by atoms with E-state index < -0.39 is 53.6 Å². The van der Waals surface area contributed by atoms with E-state index >= 15 is 0 Å². The highest BCUT2D eigenvalue weighted by molar-refractivity contribution is 9.11. The number of esters is 1. The van der Waals surface area contributed by atoms with E-state index in [9.17, 15) is 24.3 Å². The molecule has 0 aromatic heterocycles. The summed E-state index contributed by atoms with van der Waals surface area (Å²) in [7, 11) is 0. The number of nitrogens with zero attached hydrogens (tertiary/aromatic N) is 2. The van der Waals surface area contributed by atoms with Crippen molar-refractivity contribution in [3.63, 3.8) is 0 Å². The van der Waals surface area contributed by atoms with Crippen molar-refractivity contribution in [3.05, 3.63) is 58.6 Å². The number of cyclic esters (lactones) is 1. The molecule has 5 rings (SSSR count). The van der Waals surface area contributed by atoms with Crippen molar-refractivity contribution >= 4 is 39.6 Å². The van der Waals surface area contributed by atoms with Gasteiger partial charge in [-0.25, -0.2) is 0 Å². The summed E-state index contributed by atoms with van der Waals surface area (Å²) in [6, 6.07) is 7.11. The average molecular weight is 631 g/mol. The lowest BCUT2D eigenvalue weighted by Crippen LogP contribution is -2.59. The Morgan fingerprint density at radius 1 is 1.10 bits per heavy atom. The fourth-order valence-corrected chi connectivity index (χ4v) is 7.15. The predicted octanol–water partition coefficient (Wildman–Crippen LogP) is 2.23. The van der Waals surface area contributed by atoms with E-state index in [1.54, 1.807) is 17.9 Å². The van der Waals surface area contributed by atoms with Gasteiger partial charge in [-0.1, -0.05) is 58.4 Å². The maximum absolute atomic E-state index is 14.3. The first kappa shape index (κ1) is 29.5. The zero-order valence-corrected chi connectivity index (χ0v) is 25.0. The molecule has 0 unspecified atom stereocenters. The van der Waals surface area contributed by atoms with Gasteiger partial charge in [0.1, 0.15) is 29.8 Å². The van der Waals surface area contributed by atoms with Crippen LogP contribution in [0.5, 0.6) is 0 Å². The summed E-state index contributed by atoms with van der Waals surface area (Å²) < 4.78 is 13.1. The highest BCUT2D eigenvalue weighted by Crippen LogP contribution is 2.59. The summed E-state index contributed by atoms with van der Waals surface area (Å²) in [6.45, 7) is 5.41. The number of likely N-dealkylation sites (tertiary alicyclic amines) is 1. The highest BCUT2D eigenvalue weighted by Gasteiger charge is 2.75. The van der Waals surface area contributed by atoms with Crippen LogP contribution in [0.2, 0.25) is 0 Å². The third-order valence-electron chi connectivity index (χ3n) is 8.44. The van der Waals surface area contributed by atoms with E-state index in [4.69, 9.17) is 9.47 Å². The normalized spacial score (nSPS) is 33.9. The van der Waals surface area contributed by atoms with E-state index in [0.717, 1.165) is 0 Å². The van der Waals surface area contributed by atoms with Gasteiger partial charge >= 0.3 is 5.97 Å². The van der Waals surface area contributed by atoms with Crippen LogP contribution in [0.25, 0.3) is 0 Å². The summed E-state index contributed by atoms with van der Waals surface area (Å²) in [6.07, 6.45) is 4.54. The number of ether oxygens (including phenoxy) is 2. The Balaban J connectivity index is 1.60. The number of aliphatic hydroxyl groups is 1. The second-order valence-corrected chi connectivity index (χ2v) is 12.3. The molecule has 2 saturated heterocycles. The molecule has 4 aliphatic heterocycles. The van der Waals surface area contributed by atoms with Crippen molar-refractivity contribution in [2.75, 3.05) is 19.7 Å². The Morgan fingerprint density at radius 2 is 1.83 bits per heavy atom. The lowest BCUT2D eigenvalue weighted by atomic mass is 9.74. The molecule has 5 bridgehead atoms. The van der Waals surface area contributed by atoms with Crippen LogP contribution < -0.4 is 5.32 Å². The van der Waals surface area contributed by atoms with Gasteiger partial charge in [0, 0.05) is 23.5 Å². The van der Waals surface area contributed by atoms with Gasteiger partial charge in [-0.15, -0.1) is 0 Å². The van der Waals surface area contributed by atoms with Crippen molar-refractivity contribution < 1.29 is 33.8 Å². The number of benzene rings is 1. The number of aliphatic hydroxyl groups excluding tert-OH is 1. The summed E-state index contributed by atoms with van der Waals surface area (Å²) in [5.41, 5.74) is -0.715. The number of halogens is 1. The van der Waals surface area contributed by atoms with Crippen molar-refractivity contribution in [1.29, 1.82) is 0 Å². The van der Waals surface area contributed by atoms with Gasteiger partial charge in [0.05, 0.1) is 25.1 Å². The summed E-state index contributed by atoms with van der Waals surface area (Å²) in [4.78, 5) is 58.1. The van der Waals surface area contributed by atoms with E-state index in [2.05, 4.69) is 21.2 Å². The largest absolute Gasteiger partial charge is 0.455 e. The third kappa shape index (κ3) is 5.12. The average Bonchev–Trinajstić information content (AvgIpc) is 3.55. The molecule has 4 heterocycles. The van der Waals surface area contributed by atoms with Gasteiger partial charge in [0.15, 0.2) is 0 Å². The van der Waals surface area contributed by atoms with Gasteiger partial charge in [0.2, 0.25) is 17.7 Å². The number of allylic oxidation sites excluding steroid dienone is 1. The molecule has 1 aromatic carbocycles. The van der Waals surface area contributed by atoms with E-state index in [1.807, 2.05) is 56.3 Å². The van der Waals surface area contributed by atoms with Crippen LogP contribution in [0.1, 0.15) is 45.3 Å². The molecule has 4 aliphatic rings. The monoisotopic (exact) mass is 629 g/mol. The number of carbonyl (C=O) groups is 4. The Kier molecular flexibility index (Phi) is 8.41. The summed E-state index contributed by atoms with van der Waals surface area (Å²) >= 11 is 3.54. The SMILES string of the molecule is CC(C)N1C/C=C\CCC(=O)NC[C@H](c2ccccc2)OC(=O)[C@H]2[C@@H]3O[C@@]4(C=C3Br)[C@@H]2C(=O)N([C@H](C)CO)[C@@H]4C1=O. The topological polar surface area (TPSA) is 125 Å². The lowest BCUT2D eigenvalue weighted by molar-refractivity contribution is -0.160. The molecule has 2 N–H and O–H groups in total. The van der Waals surface area contributed by atoms with Gasteiger partial charge in [-0.05, 0) is 38.8 Å². The predicted molar refractivity (Wildman–Crippen MR) is 152 cm³/mol. The fourth-order valence-electron chi connectivity index (χ4n) is 6.41. The number of nitrogens with one attached hydrogen (secondary N) is 1. The maximum atomic E-state index is 14.3. The van der Waals surface area contributed by atoms with Crippen LogP contribution in [-0.4, -0.2) is 88.1 Å². The summed E-state index contributed by atoms with van der Waals surface area (Å²) in [5, 5.41) is 13.0. The molecule has 3 amide bonds. The molecule has 1 aromatic rings. The lowest BCUT2D eigenvalue weighted by Gasteiger charge is -2.39. The number of rotatable bonds is 4. The fraction of sp³-hybridized carbons (Fsp3) is 0.533. The number of amides is 3. The second-order valence-electron chi connectivity index (χ2n) is 11.3. The number of carbonyl (C=O) groups excluding carboxylic acids is 4. The Bertz CT molecular complexity index is 1270. The van der Waals surface area contributed by atoms with E-state index in [1.165, 1.54) is 4.90 Å². The highest BCUT2D eigenvalue weighted by atomic mass is 79.9. The van der Waals surface area contributed by atoms with E-state index in [-0.39, 0.29) is 44.0 Å². The Morgan fingerprint density at radius 3 is 2.51 bits per heavy atom. The molecule has 11 heteroatoms. The van der Waals surface area contributed by atoms with Crippen molar-refractivity contribution in [2.45, 2.75) is 69.5 Å². The Hall–Kier alpha value is -3.02. The van der Waals surface area contributed by atoms with Gasteiger partial charge < -0.3 is 29.7 Å². The molecule has 0 saturated carbocycles. The van der Waals surface area contributed by atoms with E-state index in [0.29, 0.717) is 16.5 Å². The number of hydrogen-bond acceptors (Lipinski definition) is 7. The smallest absolute Gasteiger partial charge is 0.313 e. The van der Waals surface area contributed by atoms with Crippen LogP contribution in [0, 0.1) is 11.8 Å². The molecule has 41 heavy (non-hydrogen) atoms. The maximum Gasteiger partial charge on any atom is 0.313 e. The molecule has 220 valence electrons. The first-order chi connectivity index (χ1) is 19.6. The molecular weight excluding hydrogens is 594 g/mol. The number of fused-ring (bicyclic) bond motifs is 2. The first-order valence-electron chi connectivity index (χ1n) is 14.1. The zero-order valence-electron chi connectivity index (χ0n) is 23.4. The van der Waals surface area contributed by atoms with Crippen LogP contribution in [0.3, 0.4) is 0 Å². The number of hydrogen-bond donors (Lipinski definition) is 2. The molecule has 7 atom stereocenters.